The maximum absolute atomic E-state index is 13.1. The number of hydrogen-bond acceptors (Lipinski definition) is 10. The molecule has 0 radical (unpaired) electrons. The van der Waals surface area contributed by atoms with Crippen molar-refractivity contribution in [3.8, 4) is 0 Å². The van der Waals surface area contributed by atoms with Crippen LogP contribution in [0.5, 0.6) is 0 Å². The van der Waals surface area contributed by atoms with Gasteiger partial charge in [0.1, 0.15) is 31.5 Å². The minimum Gasteiger partial charge on any atom is -0.462 e. The van der Waals surface area contributed by atoms with Crippen LogP contribution >= 0.6 is 0 Å². The smallest absolute Gasteiger partial charge is 0.337 e. The molecule has 0 unspecified atom stereocenters. The van der Waals surface area contributed by atoms with Gasteiger partial charge in [-0.05, 0) is 31.6 Å². The van der Waals surface area contributed by atoms with Crippen LogP contribution in [0.1, 0.15) is 47.5 Å². The van der Waals surface area contributed by atoms with E-state index in [4.69, 9.17) is 23.7 Å². The van der Waals surface area contributed by atoms with Crippen molar-refractivity contribution in [1.29, 1.82) is 0 Å². The Morgan fingerprint density at radius 3 is 2.33 bits per heavy atom. The monoisotopic (exact) mass is 504 g/mol. The second-order valence-electron chi connectivity index (χ2n) is 8.68. The molecule has 2 aliphatic rings. The summed E-state index contributed by atoms with van der Waals surface area (Å²) in [6, 6.07) is 0. The summed E-state index contributed by atoms with van der Waals surface area (Å²) in [5.74, 6) is -3.72. The molecule has 36 heavy (non-hydrogen) atoms. The van der Waals surface area contributed by atoms with Crippen LogP contribution < -0.4 is 0 Å². The fourth-order valence-electron chi connectivity index (χ4n) is 3.88. The summed E-state index contributed by atoms with van der Waals surface area (Å²) < 4.78 is 26.6. The molecule has 1 aliphatic heterocycles. The van der Waals surface area contributed by atoms with Gasteiger partial charge < -0.3 is 23.7 Å². The first-order valence-electron chi connectivity index (χ1n) is 11.5. The Bertz CT molecular complexity index is 1020. The summed E-state index contributed by atoms with van der Waals surface area (Å²) >= 11 is 0. The van der Waals surface area contributed by atoms with Crippen molar-refractivity contribution in [1.82, 2.24) is 0 Å². The maximum Gasteiger partial charge on any atom is 0.337 e. The molecule has 0 aromatic rings. The first kappa shape index (κ1) is 28.5. The number of ether oxygens (including phenoxy) is 5. The van der Waals surface area contributed by atoms with Gasteiger partial charge in [-0.25, -0.2) is 9.59 Å². The molecule has 1 heterocycles. The number of hydrogen-bond donors (Lipinski definition) is 0. The first-order valence-corrected chi connectivity index (χ1v) is 11.5. The Morgan fingerprint density at radius 1 is 1.06 bits per heavy atom. The van der Waals surface area contributed by atoms with E-state index in [-0.39, 0.29) is 30.8 Å². The Hall–Kier alpha value is -3.69. The Balaban J connectivity index is 2.38. The highest BCUT2D eigenvalue weighted by Gasteiger charge is 2.45. The summed E-state index contributed by atoms with van der Waals surface area (Å²) in [5.41, 5.74) is 1.62. The average Bonchev–Trinajstić information content (AvgIpc) is 3.04. The van der Waals surface area contributed by atoms with E-state index in [0.717, 1.165) is 5.57 Å². The van der Waals surface area contributed by atoms with E-state index >= 15 is 0 Å². The van der Waals surface area contributed by atoms with Gasteiger partial charge in [0.15, 0.2) is 0 Å². The zero-order valence-electron chi connectivity index (χ0n) is 21.2. The van der Waals surface area contributed by atoms with Gasteiger partial charge in [0.25, 0.3) is 0 Å². The second kappa shape index (κ2) is 12.9. The summed E-state index contributed by atoms with van der Waals surface area (Å²) in [5, 5.41) is 0. The molecular weight excluding hydrogens is 472 g/mol. The van der Waals surface area contributed by atoms with Crippen molar-refractivity contribution in [2.45, 2.75) is 65.8 Å². The zero-order valence-corrected chi connectivity index (χ0v) is 21.2. The fraction of sp³-hybridized carbons (Fsp3) is 0.500. The molecule has 0 N–H and O–H groups in total. The van der Waals surface area contributed by atoms with Crippen LogP contribution in [-0.2, 0) is 47.7 Å². The van der Waals surface area contributed by atoms with Gasteiger partial charge >= 0.3 is 29.8 Å². The molecule has 0 aromatic heterocycles. The maximum atomic E-state index is 13.1. The summed E-state index contributed by atoms with van der Waals surface area (Å²) in [7, 11) is 0. The minimum atomic E-state index is -0.846. The van der Waals surface area contributed by atoms with E-state index in [1.54, 1.807) is 13.0 Å². The third-order valence-electron chi connectivity index (χ3n) is 5.68. The molecule has 0 bridgehead atoms. The number of carbonyl (C=O) groups is 5. The zero-order chi connectivity index (χ0) is 27.0. The predicted molar refractivity (Wildman–Crippen MR) is 126 cm³/mol. The molecule has 196 valence electrons. The number of carbonyl (C=O) groups excluding carboxylic acids is 5. The third-order valence-corrected chi connectivity index (χ3v) is 5.68. The highest BCUT2D eigenvalue weighted by atomic mass is 16.6. The van der Waals surface area contributed by atoms with Crippen LogP contribution in [0, 0.1) is 5.92 Å². The van der Waals surface area contributed by atoms with Gasteiger partial charge in [0, 0.05) is 39.2 Å². The van der Waals surface area contributed by atoms with Crippen molar-refractivity contribution < 1.29 is 47.7 Å². The molecule has 1 saturated heterocycles. The lowest BCUT2D eigenvalue weighted by atomic mass is 9.85. The molecule has 10 nitrogen and oxygen atoms in total. The summed E-state index contributed by atoms with van der Waals surface area (Å²) in [6.07, 6.45) is 3.31. The van der Waals surface area contributed by atoms with Crippen molar-refractivity contribution in [2.24, 2.45) is 5.92 Å². The van der Waals surface area contributed by atoms with Crippen LogP contribution in [0.2, 0.25) is 0 Å². The van der Waals surface area contributed by atoms with Crippen LogP contribution in [0.15, 0.2) is 47.1 Å². The van der Waals surface area contributed by atoms with Crippen LogP contribution in [-0.4, -0.2) is 61.4 Å². The van der Waals surface area contributed by atoms with Gasteiger partial charge in [-0.3, -0.25) is 14.4 Å². The molecule has 0 spiro atoms. The lowest BCUT2D eigenvalue weighted by molar-refractivity contribution is -0.150. The van der Waals surface area contributed by atoms with Crippen molar-refractivity contribution in [3.05, 3.63) is 47.1 Å². The first-order chi connectivity index (χ1) is 16.9. The predicted octanol–water partition coefficient (Wildman–Crippen LogP) is 2.67. The van der Waals surface area contributed by atoms with E-state index < -0.39 is 54.1 Å². The van der Waals surface area contributed by atoms with Crippen molar-refractivity contribution in [2.75, 3.05) is 13.2 Å². The SMILES string of the molecule is C=C1C(=O)O[C@H]2/C=C(/C)[C@@H](OC(C)=O)C/C=C(\C)C[C@@H](OC(=O)/C(=C/COC(C)=O)COC(C)=O)[C@@H]12. The molecule has 0 saturated carbocycles. The van der Waals surface area contributed by atoms with Gasteiger partial charge in [-0.2, -0.15) is 0 Å². The van der Waals surface area contributed by atoms with Crippen molar-refractivity contribution >= 4 is 29.8 Å². The molecule has 4 atom stereocenters. The number of rotatable bonds is 7. The Labute approximate surface area is 209 Å². The van der Waals surface area contributed by atoms with E-state index in [2.05, 4.69) is 6.58 Å². The van der Waals surface area contributed by atoms with E-state index in [1.165, 1.54) is 26.8 Å². The topological polar surface area (TPSA) is 132 Å². The van der Waals surface area contributed by atoms with Crippen LogP contribution in [0.4, 0.5) is 0 Å². The van der Waals surface area contributed by atoms with E-state index in [0.29, 0.717) is 12.0 Å². The fourth-order valence-corrected chi connectivity index (χ4v) is 3.88. The van der Waals surface area contributed by atoms with Gasteiger partial charge in [0.05, 0.1) is 11.5 Å². The van der Waals surface area contributed by atoms with E-state index in [9.17, 15) is 24.0 Å². The number of fused-ring (bicyclic) bond motifs is 1. The van der Waals surface area contributed by atoms with Crippen molar-refractivity contribution in [3.63, 3.8) is 0 Å². The van der Waals surface area contributed by atoms with E-state index in [1.807, 2.05) is 13.0 Å². The molecule has 0 amide bonds. The third kappa shape index (κ3) is 8.21. The van der Waals surface area contributed by atoms with Crippen LogP contribution in [0.25, 0.3) is 0 Å². The molecule has 10 heteroatoms. The van der Waals surface area contributed by atoms with Gasteiger partial charge in [-0.15, -0.1) is 0 Å². The molecule has 2 rings (SSSR count). The largest absolute Gasteiger partial charge is 0.462 e. The lowest BCUT2D eigenvalue weighted by Gasteiger charge is -2.28. The molecular formula is C26H32O10. The molecule has 1 fully saturated rings. The van der Waals surface area contributed by atoms with Gasteiger partial charge in [-0.1, -0.05) is 18.2 Å². The standard InChI is InChI=1S/C26H32O10/c1-14-7-8-21(34-19(6)29)15(2)12-23-24(16(3)25(30)35-23)22(11-14)36-26(31)20(13-33-18(5)28)9-10-32-17(4)27/h7,9,12,21-24H,3,8,10-11,13H2,1-2,4-6H3/b14-7+,15-12-,20-9+/t21-,22+,23-,24+/m0/s1. The normalized spacial score (nSPS) is 27.3. The summed E-state index contributed by atoms with van der Waals surface area (Å²) in [4.78, 5) is 59.5. The van der Waals surface area contributed by atoms with Gasteiger partial charge in [0.2, 0.25) is 0 Å². The Morgan fingerprint density at radius 2 is 1.72 bits per heavy atom. The Kier molecular flexibility index (Phi) is 10.2. The average molecular weight is 505 g/mol. The molecule has 0 aromatic carbocycles. The lowest BCUT2D eigenvalue weighted by Crippen LogP contribution is -2.35. The molecule has 1 aliphatic carbocycles. The highest BCUT2D eigenvalue weighted by molar-refractivity contribution is 5.92. The minimum absolute atomic E-state index is 0.0285. The highest BCUT2D eigenvalue weighted by Crippen LogP contribution is 2.36. The quantitative estimate of drug-likeness (QED) is 0.221. The second-order valence-corrected chi connectivity index (χ2v) is 8.68. The number of esters is 5. The summed E-state index contributed by atoms with van der Waals surface area (Å²) in [6.45, 7) is 10.6. The van der Waals surface area contributed by atoms with Crippen LogP contribution in [0.3, 0.4) is 0 Å².